The number of amides is 1. The van der Waals surface area contributed by atoms with Gasteiger partial charge in [-0.1, -0.05) is 12.8 Å². The van der Waals surface area contributed by atoms with Crippen molar-refractivity contribution in [3.05, 3.63) is 0 Å². The Morgan fingerprint density at radius 1 is 1.43 bits per heavy atom. The van der Waals surface area contributed by atoms with E-state index in [9.17, 15) is 9.18 Å². The van der Waals surface area contributed by atoms with Crippen molar-refractivity contribution in [3.8, 4) is 0 Å². The Labute approximate surface area is 83.6 Å². The van der Waals surface area contributed by atoms with Crippen molar-refractivity contribution in [1.82, 2.24) is 10.2 Å². The molecular formula is C10H17FN2O. The monoisotopic (exact) mass is 200 g/mol. The highest BCUT2D eigenvalue weighted by Gasteiger charge is 2.36. The van der Waals surface area contributed by atoms with Crippen molar-refractivity contribution in [2.24, 2.45) is 5.92 Å². The Kier molecular flexibility index (Phi) is 3.01. The fourth-order valence-electron chi connectivity index (χ4n) is 2.61. The summed E-state index contributed by atoms with van der Waals surface area (Å²) in [6.07, 6.45) is 4.96. The molecule has 0 bridgehead atoms. The van der Waals surface area contributed by atoms with Gasteiger partial charge in [-0.2, -0.15) is 0 Å². The standard InChI is InChI=1S/C10H17FN2O/c11-5-6-13-9(14)7-12-10(13)8-3-1-2-4-8/h8,10,12H,1-7H2. The highest BCUT2D eigenvalue weighted by Crippen LogP contribution is 2.30. The summed E-state index contributed by atoms with van der Waals surface area (Å²) in [7, 11) is 0. The third-order valence-electron chi connectivity index (χ3n) is 3.29. The molecule has 1 atom stereocenters. The molecule has 80 valence electrons. The summed E-state index contributed by atoms with van der Waals surface area (Å²) in [4.78, 5) is 13.1. The van der Waals surface area contributed by atoms with Gasteiger partial charge >= 0.3 is 0 Å². The lowest BCUT2D eigenvalue weighted by atomic mass is 10.0. The minimum atomic E-state index is -0.434. The molecule has 1 unspecified atom stereocenters. The molecule has 0 aromatic heterocycles. The van der Waals surface area contributed by atoms with E-state index < -0.39 is 6.67 Å². The van der Waals surface area contributed by atoms with Crippen LogP contribution in [0, 0.1) is 5.92 Å². The minimum absolute atomic E-state index is 0.0551. The highest BCUT2D eigenvalue weighted by molar-refractivity contribution is 5.80. The lowest BCUT2D eigenvalue weighted by Gasteiger charge is -2.28. The maximum Gasteiger partial charge on any atom is 0.237 e. The maximum absolute atomic E-state index is 12.3. The molecule has 2 fully saturated rings. The normalized spacial score (nSPS) is 29.1. The molecule has 0 aromatic rings. The summed E-state index contributed by atoms with van der Waals surface area (Å²) in [5.74, 6) is 0.604. The molecule has 14 heavy (non-hydrogen) atoms. The number of carbonyl (C=O) groups excluding carboxylic acids is 1. The molecule has 1 saturated heterocycles. The van der Waals surface area contributed by atoms with Gasteiger partial charge in [-0.25, -0.2) is 4.39 Å². The van der Waals surface area contributed by atoms with Gasteiger partial charge in [0.2, 0.25) is 5.91 Å². The van der Waals surface area contributed by atoms with Crippen LogP contribution in [-0.4, -0.2) is 36.7 Å². The van der Waals surface area contributed by atoms with Crippen molar-refractivity contribution in [2.75, 3.05) is 19.8 Å². The molecule has 1 aliphatic heterocycles. The first-order chi connectivity index (χ1) is 6.83. The summed E-state index contributed by atoms with van der Waals surface area (Å²) >= 11 is 0. The van der Waals surface area contributed by atoms with Crippen molar-refractivity contribution < 1.29 is 9.18 Å². The Morgan fingerprint density at radius 2 is 2.14 bits per heavy atom. The zero-order valence-corrected chi connectivity index (χ0v) is 8.34. The molecule has 1 N–H and O–H groups in total. The Hall–Kier alpha value is -0.640. The molecule has 1 saturated carbocycles. The number of hydrogen-bond donors (Lipinski definition) is 1. The second-order valence-electron chi connectivity index (χ2n) is 4.15. The van der Waals surface area contributed by atoms with Crippen LogP contribution in [0.25, 0.3) is 0 Å². The zero-order chi connectivity index (χ0) is 9.97. The maximum atomic E-state index is 12.3. The average Bonchev–Trinajstić information content (AvgIpc) is 2.77. The smallest absolute Gasteiger partial charge is 0.237 e. The molecule has 0 radical (unpaired) electrons. The van der Waals surface area contributed by atoms with E-state index in [0.717, 1.165) is 0 Å². The molecule has 0 spiro atoms. The average molecular weight is 200 g/mol. The summed E-state index contributed by atoms with van der Waals surface area (Å²) < 4.78 is 12.3. The van der Waals surface area contributed by atoms with E-state index >= 15 is 0 Å². The summed E-state index contributed by atoms with van der Waals surface area (Å²) in [6.45, 7) is 0.213. The largest absolute Gasteiger partial charge is 0.323 e. The highest BCUT2D eigenvalue weighted by atomic mass is 19.1. The minimum Gasteiger partial charge on any atom is -0.323 e. The quantitative estimate of drug-likeness (QED) is 0.734. The van der Waals surface area contributed by atoms with Gasteiger partial charge in [0.25, 0.3) is 0 Å². The molecule has 0 aromatic carbocycles. The Balaban J connectivity index is 1.98. The molecule has 2 aliphatic rings. The number of halogens is 1. The van der Waals surface area contributed by atoms with Crippen molar-refractivity contribution in [1.29, 1.82) is 0 Å². The van der Waals surface area contributed by atoms with Crippen LogP contribution in [0.15, 0.2) is 0 Å². The number of hydrogen-bond acceptors (Lipinski definition) is 2. The lowest BCUT2D eigenvalue weighted by Crippen LogP contribution is -2.43. The van der Waals surface area contributed by atoms with Crippen LogP contribution < -0.4 is 5.32 Å². The number of carbonyl (C=O) groups is 1. The first-order valence-electron chi connectivity index (χ1n) is 5.42. The van der Waals surface area contributed by atoms with E-state index in [1.807, 2.05) is 0 Å². The van der Waals surface area contributed by atoms with E-state index in [-0.39, 0.29) is 18.6 Å². The predicted octanol–water partition coefficient (Wildman–Crippen LogP) is 0.904. The second-order valence-corrected chi connectivity index (χ2v) is 4.15. The van der Waals surface area contributed by atoms with E-state index in [4.69, 9.17) is 0 Å². The van der Waals surface area contributed by atoms with Gasteiger partial charge in [-0.05, 0) is 18.8 Å². The van der Waals surface area contributed by atoms with Crippen molar-refractivity contribution >= 4 is 5.91 Å². The van der Waals surface area contributed by atoms with Crippen LogP contribution in [0.3, 0.4) is 0 Å². The Bertz CT molecular complexity index is 216. The lowest BCUT2D eigenvalue weighted by molar-refractivity contribution is -0.128. The second kappa shape index (κ2) is 4.26. The molecule has 3 nitrogen and oxygen atoms in total. The Morgan fingerprint density at radius 3 is 2.79 bits per heavy atom. The van der Waals surface area contributed by atoms with Gasteiger partial charge < -0.3 is 4.90 Å². The fourth-order valence-corrected chi connectivity index (χ4v) is 2.61. The molecular weight excluding hydrogens is 183 g/mol. The number of nitrogens with one attached hydrogen (secondary N) is 1. The van der Waals surface area contributed by atoms with Gasteiger partial charge in [-0.15, -0.1) is 0 Å². The number of rotatable bonds is 3. The third-order valence-corrected chi connectivity index (χ3v) is 3.29. The van der Waals surface area contributed by atoms with Gasteiger partial charge in [0, 0.05) is 0 Å². The number of alkyl halides is 1. The van der Waals surface area contributed by atoms with Crippen molar-refractivity contribution in [3.63, 3.8) is 0 Å². The van der Waals surface area contributed by atoms with E-state index in [0.29, 0.717) is 12.5 Å². The van der Waals surface area contributed by atoms with Crippen LogP contribution in [0.1, 0.15) is 25.7 Å². The molecule has 4 heteroatoms. The van der Waals surface area contributed by atoms with Gasteiger partial charge in [-0.3, -0.25) is 10.1 Å². The predicted molar refractivity (Wildman–Crippen MR) is 51.4 cm³/mol. The topological polar surface area (TPSA) is 32.3 Å². The van der Waals surface area contributed by atoms with Gasteiger partial charge in [0.05, 0.1) is 19.3 Å². The first kappa shape index (κ1) is 9.90. The van der Waals surface area contributed by atoms with Crippen LogP contribution >= 0.6 is 0 Å². The fraction of sp³-hybridized carbons (Fsp3) is 0.900. The molecule has 1 amide bonds. The summed E-state index contributed by atoms with van der Waals surface area (Å²) in [6, 6.07) is 0. The summed E-state index contributed by atoms with van der Waals surface area (Å²) in [5.41, 5.74) is 0. The van der Waals surface area contributed by atoms with Gasteiger partial charge in [0.1, 0.15) is 6.67 Å². The van der Waals surface area contributed by atoms with Crippen molar-refractivity contribution in [2.45, 2.75) is 31.8 Å². The van der Waals surface area contributed by atoms with E-state index in [1.165, 1.54) is 25.7 Å². The SMILES string of the molecule is O=C1CNC(C2CCCC2)N1CCF. The van der Waals surface area contributed by atoms with Crippen LogP contribution in [-0.2, 0) is 4.79 Å². The van der Waals surface area contributed by atoms with E-state index in [2.05, 4.69) is 5.32 Å². The molecule has 2 rings (SSSR count). The molecule has 1 aliphatic carbocycles. The van der Waals surface area contributed by atoms with Crippen LogP contribution in [0.5, 0.6) is 0 Å². The molecule has 1 heterocycles. The zero-order valence-electron chi connectivity index (χ0n) is 8.34. The van der Waals surface area contributed by atoms with Crippen LogP contribution in [0.2, 0.25) is 0 Å². The third kappa shape index (κ3) is 1.75. The van der Waals surface area contributed by atoms with Crippen LogP contribution in [0.4, 0.5) is 4.39 Å². The number of nitrogens with zero attached hydrogens (tertiary/aromatic N) is 1. The van der Waals surface area contributed by atoms with E-state index in [1.54, 1.807) is 4.90 Å². The summed E-state index contributed by atoms with van der Waals surface area (Å²) in [5, 5.41) is 3.19. The first-order valence-corrected chi connectivity index (χ1v) is 5.42. The van der Waals surface area contributed by atoms with Gasteiger partial charge in [0.15, 0.2) is 0 Å².